The van der Waals surface area contributed by atoms with Gasteiger partial charge < -0.3 is 10.2 Å². The fourth-order valence-corrected chi connectivity index (χ4v) is 2.64. The Labute approximate surface area is 106 Å². The number of carboxylic acid groups (broad SMARTS) is 1. The molecular formula is C11H15NO5S. The van der Waals surface area contributed by atoms with Crippen LogP contribution in [0.1, 0.15) is 17.3 Å². The van der Waals surface area contributed by atoms with Crippen LogP contribution in [0.2, 0.25) is 0 Å². The van der Waals surface area contributed by atoms with Crippen LogP contribution in [-0.4, -0.2) is 48.6 Å². The number of likely N-dealkylation sites (N-methyl/N-ethyl adjacent to an activating group) is 1. The molecule has 6 nitrogen and oxygen atoms in total. The monoisotopic (exact) mass is 273 g/mol. The third-order valence-electron chi connectivity index (χ3n) is 2.66. The van der Waals surface area contributed by atoms with Crippen LogP contribution >= 0.6 is 0 Å². The van der Waals surface area contributed by atoms with Crippen molar-refractivity contribution in [2.45, 2.75) is 17.9 Å². The van der Waals surface area contributed by atoms with E-state index < -0.39 is 22.0 Å². The van der Waals surface area contributed by atoms with Gasteiger partial charge in [-0.15, -0.1) is 0 Å². The van der Waals surface area contributed by atoms with E-state index >= 15 is 0 Å². The molecular weight excluding hydrogens is 258 g/mol. The number of aliphatic hydroxyl groups excluding tert-OH is 1. The summed E-state index contributed by atoms with van der Waals surface area (Å²) in [6.45, 7) is 1.28. The molecule has 0 radical (unpaired) electrons. The zero-order chi connectivity index (χ0) is 13.9. The molecule has 0 spiro atoms. The summed E-state index contributed by atoms with van der Waals surface area (Å²) in [5.41, 5.74) is 0.0202. The first-order chi connectivity index (χ1) is 8.30. The molecule has 1 aromatic rings. The molecule has 0 aliphatic rings. The minimum absolute atomic E-state index is 0.00435. The number of hydrogen-bond donors (Lipinski definition) is 2. The van der Waals surface area contributed by atoms with Gasteiger partial charge in [0.2, 0.25) is 10.0 Å². The fraction of sp³-hybridized carbons (Fsp3) is 0.364. The van der Waals surface area contributed by atoms with Crippen molar-refractivity contribution in [3.8, 4) is 0 Å². The molecule has 18 heavy (non-hydrogen) atoms. The molecule has 1 unspecified atom stereocenters. The minimum atomic E-state index is -3.71. The predicted octanol–water partition coefficient (Wildman–Crippen LogP) is 0.386. The Morgan fingerprint density at radius 2 is 1.83 bits per heavy atom. The summed E-state index contributed by atoms with van der Waals surface area (Å²) in [5.74, 6) is -1.11. The molecule has 0 amide bonds. The molecule has 1 aromatic carbocycles. The summed E-state index contributed by atoms with van der Waals surface area (Å²) in [6, 6.07) is 4.38. The van der Waals surface area contributed by atoms with Gasteiger partial charge in [0.15, 0.2) is 0 Å². The quantitative estimate of drug-likeness (QED) is 0.809. The van der Waals surface area contributed by atoms with Gasteiger partial charge in [-0.2, -0.15) is 4.31 Å². The lowest BCUT2D eigenvalue weighted by molar-refractivity contribution is 0.0696. The SMILES string of the molecule is CC(CO)N(C)S(=O)(=O)c1ccc(C(=O)O)cc1. The molecule has 0 aliphatic heterocycles. The number of hydrogen-bond acceptors (Lipinski definition) is 4. The van der Waals surface area contributed by atoms with Crippen molar-refractivity contribution in [2.24, 2.45) is 0 Å². The Morgan fingerprint density at radius 1 is 1.33 bits per heavy atom. The van der Waals surface area contributed by atoms with E-state index in [0.717, 1.165) is 4.31 Å². The fourth-order valence-electron chi connectivity index (χ4n) is 1.29. The molecule has 7 heteroatoms. The van der Waals surface area contributed by atoms with Crippen LogP contribution in [0, 0.1) is 0 Å². The first-order valence-corrected chi connectivity index (χ1v) is 6.67. The van der Waals surface area contributed by atoms with Crippen molar-refractivity contribution in [1.82, 2.24) is 4.31 Å². The van der Waals surface area contributed by atoms with Gasteiger partial charge >= 0.3 is 5.97 Å². The second kappa shape index (κ2) is 5.47. The van der Waals surface area contributed by atoms with Gasteiger partial charge in [0, 0.05) is 13.1 Å². The number of sulfonamides is 1. The van der Waals surface area contributed by atoms with Crippen molar-refractivity contribution < 1.29 is 23.4 Å². The lowest BCUT2D eigenvalue weighted by Gasteiger charge is -2.22. The van der Waals surface area contributed by atoms with E-state index in [1.54, 1.807) is 6.92 Å². The standard InChI is InChI=1S/C11H15NO5S/c1-8(7-13)12(2)18(16,17)10-5-3-9(4-6-10)11(14)15/h3-6,8,13H,7H2,1-2H3,(H,14,15). The van der Waals surface area contributed by atoms with Gasteiger partial charge in [-0.1, -0.05) is 0 Å². The molecule has 0 saturated heterocycles. The summed E-state index contributed by atoms with van der Waals surface area (Å²) in [4.78, 5) is 10.7. The number of benzene rings is 1. The summed E-state index contributed by atoms with van der Waals surface area (Å²) in [7, 11) is -2.35. The van der Waals surface area contributed by atoms with Crippen LogP contribution in [0.3, 0.4) is 0 Å². The number of aliphatic hydroxyl groups is 1. The molecule has 1 atom stereocenters. The van der Waals surface area contributed by atoms with Crippen molar-refractivity contribution in [2.75, 3.05) is 13.7 Å². The van der Waals surface area contributed by atoms with E-state index in [1.165, 1.54) is 31.3 Å². The maximum absolute atomic E-state index is 12.1. The molecule has 0 heterocycles. The topological polar surface area (TPSA) is 94.9 Å². The second-order valence-corrected chi connectivity index (χ2v) is 5.88. The maximum Gasteiger partial charge on any atom is 0.335 e. The summed E-state index contributed by atoms with van der Waals surface area (Å²) < 4.78 is 25.2. The van der Waals surface area contributed by atoms with E-state index in [2.05, 4.69) is 0 Å². The highest BCUT2D eigenvalue weighted by Gasteiger charge is 2.24. The molecule has 0 saturated carbocycles. The second-order valence-electron chi connectivity index (χ2n) is 3.88. The molecule has 0 aliphatic carbocycles. The lowest BCUT2D eigenvalue weighted by atomic mass is 10.2. The van der Waals surface area contributed by atoms with Gasteiger partial charge in [0.05, 0.1) is 17.1 Å². The number of rotatable bonds is 5. The Bertz CT molecular complexity index is 523. The molecule has 0 fully saturated rings. The van der Waals surface area contributed by atoms with Crippen LogP contribution in [0.15, 0.2) is 29.2 Å². The number of nitrogens with zero attached hydrogens (tertiary/aromatic N) is 1. The zero-order valence-electron chi connectivity index (χ0n) is 10.1. The largest absolute Gasteiger partial charge is 0.478 e. The van der Waals surface area contributed by atoms with Crippen molar-refractivity contribution >= 4 is 16.0 Å². The third-order valence-corrected chi connectivity index (χ3v) is 4.65. The smallest absolute Gasteiger partial charge is 0.335 e. The normalized spacial score (nSPS) is 13.6. The van der Waals surface area contributed by atoms with Crippen LogP contribution in [0.5, 0.6) is 0 Å². The van der Waals surface area contributed by atoms with Gasteiger partial charge in [0.1, 0.15) is 0 Å². The molecule has 100 valence electrons. The molecule has 0 aromatic heterocycles. The predicted molar refractivity (Wildman–Crippen MR) is 64.9 cm³/mol. The van der Waals surface area contributed by atoms with Gasteiger partial charge in [-0.3, -0.25) is 0 Å². The molecule has 0 bridgehead atoms. The van der Waals surface area contributed by atoms with Crippen molar-refractivity contribution in [3.63, 3.8) is 0 Å². The van der Waals surface area contributed by atoms with E-state index in [9.17, 15) is 13.2 Å². The molecule has 2 N–H and O–H groups in total. The van der Waals surface area contributed by atoms with Crippen LogP contribution in [0.25, 0.3) is 0 Å². The van der Waals surface area contributed by atoms with Crippen LogP contribution in [-0.2, 0) is 10.0 Å². The van der Waals surface area contributed by atoms with Crippen molar-refractivity contribution in [3.05, 3.63) is 29.8 Å². The summed E-state index contributed by atoms with van der Waals surface area (Å²) >= 11 is 0. The van der Waals surface area contributed by atoms with Gasteiger partial charge in [0.25, 0.3) is 0 Å². The highest BCUT2D eigenvalue weighted by Crippen LogP contribution is 2.17. The van der Waals surface area contributed by atoms with Gasteiger partial charge in [-0.25, -0.2) is 13.2 Å². The minimum Gasteiger partial charge on any atom is -0.478 e. The number of carboxylic acids is 1. The first-order valence-electron chi connectivity index (χ1n) is 5.23. The number of carbonyl (C=O) groups is 1. The Hall–Kier alpha value is -1.44. The third kappa shape index (κ3) is 2.87. The highest BCUT2D eigenvalue weighted by atomic mass is 32.2. The highest BCUT2D eigenvalue weighted by molar-refractivity contribution is 7.89. The van der Waals surface area contributed by atoms with Crippen LogP contribution in [0.4, 0.5) is 0 Å². The average molecular weight is 273 g/mol. The van der Waals surface area contributed by atoms with Crippen molar-refractivity contribution in [1.29, 1.82) is 0 Å². The maximum atomic E-state index is 12.1. The van der Waals surface area contributed by atoms with E-state index in [0.29, 0.717) is 0 Å². The Morgan fingerprint density at radius 3 is 2.22 bits per heavy atom. The Balaban J connectivity index is 3.09. The van der Waals surface area contributed by atoms with Crippen LogP contribution < -0.4 is 0 Å². The first kappa shape index (κ1) is 14.6. The Kier molecular flexibility index (Phi) is 4.44. The summed E-state index contributed by atoms with van der Waals surface area (Å²) in [6.07, 6.45) is 0. The lowest BCUT2D eigenvalue weighted by Crippen LogP contribution is -2.37. The average Bonchev–Trinajstić information content (AvgIpc) is 2.36. The molecule has 1 rings (SSSR count). The number of aromatic carboxylic acids is 1. The van der Waals surface area contributed by atoms with Gasteiger partial charge in [-0.05, 0) is 31.2 Å². The summed E-state index contributed by atoms with van der Waals surface area (Å²) in [5, 5.41) is 17.7. The van der Waals surface area contributed by atoms with E-state index in [-0.39, 0.29) is 17.1 Å². The zero-order valence-corrected chi connectivity index (χ0v) is 10.9. The van der Waals surface area contributed by atoms with E-state index in [1.807, 2.05) is 0 Å². The van der Waals surface area contributed by atoms with E-state index in [4.69, 9.17) is 10.2 Å².